The third-order valence-corrected chi connectivity index (χ3v) is 4.60. The number of amides is 1. The minimum absolute atomic E-state index is 0.154. The summed E-state index contributed by atoms with van der Waals surface area (Å²) in [5.74, 6) is 0.909. The second-order valence-electron chi connectivity index (χ2n) is 5.09. The Hall–Kier alpha value is -2.05. The second-order valence-corrected chi connectivity index (χ2v) is 6.04. The first kappa shape index (κ1) is 14.9. The van der Waals surface area contributed by atoms with Gasteiger partial charge in [0, 0.05) is 11.4 Å². The molecule has 0 fully saturated rings. The van der Waals surface area contributed by atoms with Crippen LogP contribution < -0.4 is 14.8 Å². The minimum atomic E-state index is -0.708. The monoisotopic (exact) mass is 319 g/mol. The van der Waals surface area contributed by atoms with Crippen molar-refractivity contribution in [2.75, 3.05) is 13.2 Å². The van der Waals surface area contributed by atoms with Gasteiger partial charge < -0.3 is 19.9 Å². The number of aryl methyl sites for hydroxylation is 1. The van der Waals surface area contributed by atoms with Gasteiger partial charge in [-0.05, 0) is 36.1 Å². The lowest BCUT2D eigenvalue weighted by Gasteiger charge is -2.25. The number of rotatable bonds is 4. The number of para-hydroxylation sites is 2. The van der Waals surface area contributed by atoms with E-state index in [1.54, 1.807) is 12.1 Å². The average molecular weight is 319 g/mol. The number of hydrogen-bond donors (Lipinski definition) is 2. The molecule has 0 saturated carbocycles. The van der Waals surface area contributed by atoms with E-state index in [1.165, 1.54) is 11.3 Å². The number of fused-ring (bicyclic) bond motifs is 1. The van der Waals surface area contributed by atoms with Gasteiger partial charge in [-0.15, -0.1) is 11.3 Å². The molecule has 2 aromatic rings. The largest absolute Gasteiger partial charge is 0.485 e. The summed E-state index contributed by atoms with van der Waals surface area (Å²) in [7, 11) is 0. The number of aliphatic hydroxyl groups is 1. The molecule has 116 valence electrons. The number of carbonyl (C=O) groups is 1. The molecule has 1 aliphatic heterocycles. The molecular weight excluding hydrogens is 302 g/mol. The van der Waals surface area contributed by atoms with Gasteiger partial charge in [0.25, 0.3) is 5.91 Å². The highest BCUT2D eigenvalue weighted by atomic mass is 32.1. The average Bonchev–Trinajstić information content (AvgIpc) is 2.98. The lowest BCUT2D eigenvalue weighted by molar-refractivity contribution is -0.130. The third-order valence-electron chi connectivity index (χ3n) is 3.48. The van der Waals surface area contributed by atoms with Crippen molar-refractivity contribution in [3.63, 3.8) is 0 Å². The molecule has 0 aliphatic carbocycles. The predicted molar refractivity (Wildman–Crippen MR) is 83.4 cm³/mol. The predicted octanol–water partition coefficient (Wildman–Crippen LogP) is 2.05. The number of nitrogens with one attached hydrogen (secondary N) is 1. The molecule has 0 radical (unpaired) electrons. The molecule has 1 aromatic carbocycles. The summed E-state index contributed by atoms with van der Waals surface area (Å²) >= 11 is 1.48. The smallest absolute Gasteiger partial charge is 0.264 e. The normalized spacial score (nSPS) is 17.8. The SMILES string of the molecule is Cc1ccsc1C(O)CNC(=O)C1COc2ccccc2O1. The summed E-state index contributed by atoms with van der Waals surface area (Å²) in [5, 5.41) is 14.8. The molecule has 2 atom stereocenters. The van der Waals surface area contributed by atoms with Crippen molar-refractivity contribution in [2.24, 2.45) is 0 Å². The van der Waals surface area contributed by atoms with Crippen LogP contribution in [0.1, 0.15) is 16.5 Å². The molecule has 6 heteroatoms. The Labute approximate surface area is 132 Å². The van der Waals surface area contributed by atoms with Crippen LogP contribution >= 0.6 is 11.3 Å². The van der Waals surface area contributed by atoms with Crippen LogP contribution in [-0.2, 0) is 4.79 Å². The van der Waals surface area contributed by atoms with Crippen LogP contribution in [0.15, 0.2) is 35.7 Å². The standard InChI is InChI=1S/C16H17NO4S/c1-10-6-7-22-15(10)11(18)8-17-16(19)14-9-20-12-4-2-3-5-13(12)21-14/h2-7,11,14,18H,8-9H2,1H3,(H,17,19). The maximum absolute atomic E-state index is 12.1. The molecule has 1 amide bonds. The van der Waals surface area contributed by atoms with Gasteiger partial charge in [0.1, 0.15) is 12.7 Å². The number of hydrogen-bond acceptors (Lipinski definition) is 5. The maximum Gasteiger partial charge on any atom is 0.264 e. The van der Waals surface area contributed by atoms with E-state index < -0.39 is 12.2 Å². The van der Waals surface area contributed by atoms with Crippen LogP contribution in [0.4, 0.5) is 0 Å². The van der Waals surface area contributed by atoms with E-state index in [1.807, 2.05) is 30.5 Å². The van der Waals surface area contributed by atoms with Gasteiger partial charge >= 0.3 is 0 Å². The lowest BCUT2D eigenvalue weighted by Crippen LogP contribution is -2.45. The minimum Gasteiger partial charge on any atom is -0.485 e. The van der Waals surface area contributed by atoms with Gasteiger partial charge in [-0.25, -0.2) is 0 Å². The summed E-state index contributed by atoms with van der Waals surface area (Å²) in [6, 6.07) is 9.18. The van der Waals surface area contributed by atoms with Crippen LogP contribution in [-0.4, -0.2) is 30.3 Å². The topological polar surface area (TPSA) is 67.8 Å². The fourth-order valence-electron chi connectivity index (χ4n) is 2.28. The van der Waals surface area contributed by atoms with E-state index in [2.05, 4.69) is 5.32 Å². The molecule has 0 spiro atoms. The molecule has 1 aliphatic rings. The van der Waals surface area contributed by atoms with Crippen molar-refractivity contribution < 1.29 is 19.4 Å². The van der Waals surface area contributed by atoms with Crippen molar-refractivity contribution in [2.45, 2.75) is 19.1 Å². The van der Waals surface area contributed by atoms with Gasteiger partial charge in [-0.1, -0.05) is 12.1 Å². The summed E-state index contributed by atoms with van der Waals surface area (Å²) in [4.78, 5) is 13.0. The zero-order valence-corrected chi connectivity index (χ0v) is 12.9. The van der Waals surface area contributed by atoms with E-state index in [0.717, 1.165) is 10.4 Å². The number of aliphatic hydroxyl groups excluding tert-OH is 1. The molecule has 22 heavy (non-hydrogen) atoms. The second kappa shape index (κ2) is 6.37. The van der Waals surface area contributed by atoms with Crippen molar-refractivity contribution in [1.29, 1.82) is 0 Å². The van der Waals surface area contributed by atoms with Gasteiger partial charge in [0.05, 0.1) is 0 Å². The number of thiophene rings is 1. The highest BCUT2D eigenvalue weighted by molar-refractivity contribution is 7.10. The highest BCUT2D eigenvalue weighted by Crippen LogP contribution is 2.31. The maximum atomic E-state index is 12.1. The molecule has 0 saturated heterocycles. The van der Waals surface area contributed by atoms with Gasteiger partial charge in [-0.2, -0.15) is 0 Å². The fourth-order valence-corrected chi connectivity index (χ4v) is 3.19. The summed E-state index contributed by atoms with van der Waals surface area (Å²) in [6.07, 6.45) is -1.41. The third kappa shape index (κ3) is 3.08. The van der Waals surface area contributed by atoms with Gasteiger partial charge in [0.15, 0.2) is 11.5 Å². The fraction of sp³-hybridized carbons (Fsp3) is 0.312. The van der Waals surface area contributed by atoms with Gasteiger partial charge in [0.2, 0.25) is 6.10 Å². The molecular formula is C16H17NO4S. The zero-order chi connectivity index (χ0) is 15.5. The first-order valence-corrected chi connectivity index (χ1v) is 7.91. The van der Waals surface area contributed by atoms with Crippen LogP contribution in [0.3, 0.4) is 0 Å². The van der Waals surface area contributed by atoms with Crippen LogP contribution in [0.5, 0.6) is 11.5 Å². The summed E-state index contributed by atoms with van der Waals surface area (Å²) in [6.45, 7) is 2.25. The molecule has 5 nitrogen and oxygen atoms in total. The van der Waals surface area contributed by atoms with Crippen molar-refractivity contribution in [1.82, 2.24) is 5.32 Å². The Kier molecular flexibility index (Phi) is 4.31. The molecule has 0 bridgehead atoms. The Balaban J connectivity index is 1.56. The highest BCUT2D eigenvalue weighted by Gasteiger charge is 2.27. The first-order chi connectivity index (χ1) is 10.6. The molecule has 3 rings (SSSR count). The number of carbonyl (C=O) groups excluding carboxylic acids is 1. The van der Waals surface area contributed by atoms with Crippen molar-refractivity contribution in [3.8, 4) is 11.5 Å². The lowest BCUT2D eigenvalue weighted by atomic mass is 10.2. The van der Waals surface area contributed by atoms with Crippen LogP contribution in [0.25, 0.3) is 0 Å². The Morgan fingerprint density at radius 3 is 2.91 bits per heavy atom. The molecule has 2 heterocycles. The van der Waals surface area contributed by atoms with E-state index in [-0.39, 0.29) is 19.1 Å². The molecule has 2 N–H and O–H groups in total. The van der Waals surface area contributed by atoms with E-state index in [0.29, 0.717) is 11.5 Å². The summed E-state index contributed by atoms with van der Waals surface area (Å²) in [5.41, 5.74) is 1.03. The zero-order valence-electron chi connectivity index (χ0n) is 12.1. The molecule has 2 unspecified atom stereocenters. The van der Waals surface area contributed by atoms with E-state index in [4.69, 9.17) is 9.47 Å². The Morgan fingerprint density at radius 2 is 2.18 bits per heavy atom. The van der Waals surface area contributed by atoms with Crippen molar-refractivity contribution in [3.05, 3.63) is 46.2 Å². The number of benzene rings is 1. The summed E-state index contributed by atoms with van der Waals surface area (Å²) < 4.78 is 11.1. The Bertz CT molecular complexity index is 670. The van der Waals surface area contributed by atoms with E-state index in [9.17, 15) is 9.90 Å². The van der Waals surface area contributed by atoms with Gasteiger partial charge in [-0.3, -0.25) is 4.79 Å². The van der Waals surface area contributed by atoms with Crippen molar-refractivity contribution >= 4 is 17.2 Å². The number of ether oxygens (including phenoxy) is 2. The quantitative estimate of drug-likeness (QED) is 0.905. The molecule has 1 aromatic heterocycles. The van der Waals surface area contributed by atoms with E-state index >= 15 is 0 Å². The van der Waals surface area contributed by atoms with Crippen LogP contribution in [0, 0.1) is 6.92 Å². The Morgan fingerprint density at radius 1 is 1.41 bits per heavy atom. The first-order valence-electron chi connectivity index (χ1n) is 7.03. The van der Waals surface area contributed by atoms with Crippen LogP contribution in [0.2, 0.25) is 0 Å².